The summed E-state index contributed by atoms with van der Waals surface area (Å²) < 4.78 is 0.658. The number of nitrogens with zero attached hydrogens (tertiary/aromatic N) is 2. The Morgan fingerprint density at radius 3 is 3.00 bits per heavy atom. The smallest absolute Gasteiger partial charge is 0.268 e. The third kappa shape index (κ3) is 2.18. The molecule has 7 heteroatoms. The fourth-order valence-electron chi connectivity index (χ4n) is 2.67. The number of aryl methyl sites for hydroxylation is 1. The van der Waals surface area contributed by atoms with Gasteiger partial charge in [0, 0.05) is 22.7 Å². The molecule has 0 spiro atoms. The Morgan fingerprint density at radius 2 is 2.27 bits per heavy atom. The minimum absolute atomic E-state index is 0.0705. The fraction of sp³-hybridized carbons (Fsp3) is 0.267. The minimum Gasteiger partial charge on any atom is -0.308 e. The summed E-state index contributed by atoms with van der Waals surface area (Å²) in [5, 5.41) is 10.3. The zero-order valence-corrected chi connectivity index (χ0v) is 12.8. The van der Waals surface area contributed by atoms with Gasteiger partial charge in [-0.1, -0.05) is 12.2 Å². The normalized spacial score (nSPS) is 18.1. The molecule has 1 aliphatic rings. The number of aromatic nitrogens is 4. The topological polar surface area (TPSA) is 86.5 Å². The lowest BCUT2D eigenvalue weighted by atomic mass is 10.1. The number of thiophene rings is 1. The van der Waals surface area contributed by atoms with E-state index in [0.29, 0.717) is 10.5 Å². The summed E-state index contributed by atoms with van der Waals surface area (Å²) >= 11 is 1.45. The highest BCUT2D eigenvalue weighted by Crippen LogP contribution is 2.32. The van der Waals surface area contributed by atoms with E-state index < -0.39 is 0 Å². The van der Waals surface area contributed by atoms with Gasteiger partial charge in [0.05, 0.1) is 17.8 Å². The van der Waals surface area contributed by atoms with E-state index in [-0.39, 0.29) is 11.6 Å². The number of rotatable bonds is 2. The van der Waals surface area contributed by atoms with Gasteiger partial charge >= 0.3 is 0 Å². The summed E-state index contributed by atoms with van der Waals surface area (Å²) in [6.45, 7) is 2.77. The van der Waals surface area contributed by atoms with Gasteiger partial charge in [-0.2, -0.15) is 5.10 Å². The van der Waals surface area contributed by atoms with E-state index in [1.807, 2.05) is 13.0 Å². The second-order valence-corrected chi connectivity index (χ2v) is 6.41. The summed E-state index contributed by atoms with van der Waals surface area (Å²) in [5.41, 5.74) is 2.68. The molecule has 3 aromatic heterocycles. The van der Waals surface area contributed by atoms with E-state index in [1.165, 1.54) is 11.3 Å². The number of H-pyrrole nitrogens is 2. The summed E-state index contributed by atoms with van der Waals surface area (Å²) in [6, 6.07) is 2.04. The molecule has 0 aromatic carbocycles. The standard InChI is InChI=1S/C15H15N5OS/c1-8-9(7-17-20-8)12-6-11-13(22-12)15(21)19-14(18-11)10-4-2-3-5-16-10/h2-3,6-7,10,16H,4-5H2,1H3,(H,17,20)(H,18,19,21). The molecule has 0 bridgehead atoms. The molecule has 0 fully saturated rings. The molecule has 1 atom stereocenters. The first-order valence-corrected chi connectivity index (χ1v) is 7.96. The number of fused-ring (bicyclic) bond motifs is 1. The molecule has 0 aliphatic carbocycles. The van der Waals surface area contributed by atoms with Gasteiger partial charge in [-0.05, 0) is 19.4 Å². The van der Waals surface area contributed by atoms with Crippen molar-refractivity contribution in [1.82, 2.24) is 25.5 Å². The zero-order valence-electron chi connectivity index (χ0n) is 12.0. The molecule has 112 valence electrons. The Hall–Kier alpha value is -2.25. The van der Waals surface area contributed by atoms with Crippen LogP contribution in [0.15, 0.2) is 29.2 Å². The molecular weight excluding hydrogens is 298 g/mol. The molecule has 0 saturated heterocycles. The second-order valence-electron chi connectivity index (χ2n) is 5.35. The molecule has 0 radical (unpaired) electrons. The maximum absolute atomic E-state index is 12.4. The summed E-state index contributed by atoms with van der Waals surface area (Å²) in [6.07, 6.45) is 6.81. The molecule has 3 N–H and O–H groups in total. The highest BCUT2D eigenvalue weighted by Gasteiger charge is 2.18. The van der Waals surface area contributed by atoms with Crippen LogP contribution in [0.3, 0.4) is 0 Å². The molecule has 4 heterocycles. The Bertz CT molecular complexity index is 920. The molecule has 3 aromatic rings. The van der Waals surface area contributed by atoms with Crippen LogP contribution < -0.4 is 10.9 Å². The molecular formula is C15H15N5OS. The van der Waals surface area contributed by atoms with Crippen LogP contribution in [0.5, 0.6) is 0 Å². The van der Waals surface area contributed by atoms with Crippen LogP contribution in [0.25, 0.3) is 20.7 Å². The van der Waals surface area contributed by atoms with E-state index in [1.54, 1.807) is 6.20 Å². The third-order valence-corrected chi connectivity index (χ3v) is 5.00. The number of hydrogen-bond donors (Lipinski definition) is 3. The maximum atomic E-state index is 12.4. The SMILES string of the molecule is Cc1[nH]ncc1-c1cc2nc(C3CC=CCN3)[nH]c(=O)c2s1. The van der Waals surface area contributed by atoms with E-state index >= 15 is 0 Å². The average molecular weight is 313 g/mol. The Labute approximate surface area is 130 Å². The Kier molecular flexibility index (Phi) is 3.16. The lowest BCUT2D eigenvalue weighted by molar-refractivity contribution is 0.526. The Balaban J connectivity index is 1.83. The van der Waals surface area contributed by atoms with Crippen molar-refractivity contribution in [2.24, 2.45) is 0 Å². The minimum atomic E-state index is -0.0752. The first-order chi connectivity index (χ1) is 10.7. The molecule has 0 amide bonds. The van der Waals surface area contributed by atoms with Crippen LogP contribution in [0.1, 0.15) is 24.0 Å². The van der Waals surface area contributed by atoms with Crippen LogP contribution in [0, 0.1) is 6.92 Å². The summed E-state index contributed by atoms with van der Waals surface area (Å²) in [4.78, 5) is 20.9. The van der Waals surface area contributed by atoms with Gasteiger partial charge in [0.2, 0.25) is 0 Å². The van der Waals surface area contributed by atoms with Crippen LogP contribution in [-0.2, 0) is 0 Å². The van der Waals surface area contributed by atoms with Gasteiger partial charge < -0.3 is 10.3 Å². The lowest BCUT2D eigenvalue weighted by Gasteiger charge is -2.18. The lowest BCUT2D eigenvalue weighted by Crippen LogP contribution is -2.27. The predicted octanol–water partition coefficient (Wildman–Crippen LogP) is 2.27. The summed E-state index contributed by atoms with van der Waals surface area (Å²) in [5.74, 6) is 0.704. The Morgan fingerprint density at radius 1 is 1.36 bits per heavy atom. The predicted molar refractivity (Wildman–Crippen MR) is 87.1 cm³/mol. The van der Waals surface area contributed by atoms with Crippen molar-refractivity contribution >= 4 is 21.6 Å². The van der Waals surface area contributed by atoms with Gasteiger partial charge in [-0.3, -0.25) is 9.89 Å². The highest BCUT2D eigenvalue weighted by atomic mass is 32.1. The van der Waals surface area contributed by atoms with Crippen molar-refractivity contribution in [2.75, 3.05) is 6.54 Å². The largest absolute Gasteiger partial charge is 0.308 e. The van der Waals surface area contributed by atoms with Crippen molar-refractivity contribution in [3.63, 3.8) is 0 Å². The van der Waals surface area contributed by atoms with E-state index in [9.17, 15) is 4.79 Å². The molecule has 1 aliphatic heterocycles. The molecule has 0 saturated carbocycles. The third-order valence-electron chi connectivity index (χ3n) is 3.85. The number of aromatic amines is 2. The van der Waals surface area contributed by atoms with Crippen LogP contribution in [-0.4, -0.2) is 26.7 Å². The highest BCUT2D eigenvalue weighted by molar-refractivity contribution is 7.22. The fourth-order valence-corrected chi connectivity index (χ4v) is 3.73. The van der Waals surface area contributed by atoms with Crippen molar-refractivity contribution in [3.8, 4) is 10.4 Å². The quantitative estimate of drug-likeness (QED) is 0.634. The molecule has 22 heavy (non-hydrogen) atoms. The first-order valence-electron chi connectivity index (χ1n) is 7.15. The van der Waals surface area contributed by atoms with E-state index in [4.69, 9.17) is 0 Å². The van der Waals surface area contributed by atoms with Gasteiger partial charge in [0.25, 0.3) is 5.56 Å². The molecule has 1 unspecified atom stereocenters. The van der Waals surface area contributed by atoms with Crippen molar-refractivity contribution in [1.29, 1.82) is 0 Å². The first kappa shape index (κ1) is 13.4. The van der Waals surface area contributed by atoms with E-state index in [0.717, 1.165) is 34.6 Å². The average Bonchev–Trinajstić information content (AvgIpc) is 3.14. The van der Waals surface area contributed by atoms with Crippen LogP contribution >= 0.6 is 11.3 Å². The monoisotopic (exact) mass is 313 g/mol. The van der Waals surface area contributed by atoms with Gasteiger partial charge in [-0.15, -0.1) is 11.3 Å². The van der Waals surface area contributed by atoms with Crippen molar-refractivity contribution in [3.05, 3.63) is 46.3 Å². The molecule has 4 rings (SSSR count). The van der Waals surface area contributed by atoms with Gasteiger partial charge in [-0.25, -0.2) is 4.98 Å². The van der Waals surface area contributed by atoms with E-state index in [2.05, 4.69) is 37.6 Å². The van der Waals surface area contributed by atoms with Gasteiger partial charge in [0.1, 0.15) is 10.5 Å². The van der Waals surface area contributed by atoms with Crippen LogP contribution in [0.4, 0.5) is 0 Å². The second kappa shape index (κ2) is 5.19. The van der Waals surface area contributed by atoms with Crippen molar-refractivity contribution < 1.29 is 0 Å². The maximum Gasteiger partial charge on any atom is 0.268 e. The number of nitrogens with one attached hydrogen (secondary N) is 3. The zero-order chi connectivity index (χ0) is 15.1. The van der Waals surface area contributed by atoms with Crippen molar-refractivity contribution in [2.45, 2.75) is 19.4 Å². The van der Waals surface area contributed by atoms with Gasteiger partial charge in [0.15, 0.2) is 0 Å². The summed E-state index contributed by atoms with van der Waals surface area (Å²) in [7, 11) is 0. The molecule has 6 nitrogen and oxygen atoms in total. The van der Waals surface area contributed by atoms with Crippen LogP contribution in [0.2, 0.25) is 0 Å². The number of hydrogen-bond acceptors (Lipinski definition) is 5.